The SMILES string of the molecule is CS(=O)(=O)c1cccnc1Nc1cccc2c1CCNC2. The van der Waals surface area contributed by atoms with Crippen molar-refractivity contribution in [1.82, 2.24) is 10.3 Å². The first-order chi connectivity index (χ1) is 10.1. The number of sulfone groups is 1. The molecule has 5 nitrogen and oxygen atoms in total. The van der Waals surface area contributed by atoms with Crippen molar-refractivity contribution < 1.29 is 8.42 Å². The van der Waals surface area contributed by atoms with Crippen LogP contribution < -0.4 is 10.6 Å². The van der Waals surface area contributed by atoms with E-state index in [9.17, 15) is 8.42 Å². The van der Waals surface area contributed by atoms with Gasteiger partial charge in [0.15, 0.2) is 9.84 Å². The highest BCUT2D eigenvalue weighted by atomic mass is 32.2. The molecule has 0 fully saturated rings. The first kappa shape index (κ1) is 14.0. The van der Waals surface area contributed by atoms with Gasteiger partial charge < -0.3 is 10.6 Å². The third kappa shape index (κ3) is 2.91. The zero-order valence-corrected chi connectivity index (χ0v) is 12.6. The van der Waals surface area contributed by atoms with Crippen LogP contribution >= 0.6 is 0 Å². The Kier molecular flexibility index (Phi) is 3.65. The van der Waals surface area contributed by atoms with E-state index < -0.39 is 9.84 Å². The second-order valence-corrected chi connectivity index (χ2v) is 7.10. The minimum absolute atomic E-state index is 0.219. The molecule has 1 aromatic heterocycles. The summed E-state index contributed by atoms with van der Waals surface area (Å²) >= 11 is 0. The minimum Gasteiger partial charge on any atom is -0.339 e. The van der Waals surface area contributed by atoms with Crippen LogP contribution in [0.2, 0.25) is 0 Å². The van der Waals surface area contributed by atoms with Gasteiger partial charge in [0.25, 0.3) is 0 Å². The number of hydrogen-bond donors (Lipinski definition) is 2. The molecule has 0 saturated heterocycles. The Bertz CT molecular complexity index is 772. The van der Waals surface area contributed by atoms with E-state index in [1.165, 1.54) is 17.4 Å². The number of anilines is 2. The van der Waals surface area contributed by atoms with Crippen LogP contribution in [0, 0.1) is 0 Å². The summed E-state index contributed by atoms with van der Waals surface area (Å²) in [6, 6.07) is 9.22. The van der Waals surface area contributed by atoms with Crippen molar-refractivity contribution in [2.75, 3.05) is 18.1 Å². The van der Waals surface area contributed by atoms with Crippen LogP contribution in [0.5, 0.6) is 0 Å². The van der Waals surface area contributed by atoms with Crippen LogP contribution in [0.3, 0.4) is 0 Å². The van der Waals surface area contributed by atoms with Gasteiger partial charge in [0.2, 0.25) is 0 Å². The van der Waals surface area contributed by atoms with Gasteiger partial charge in [0.05, 0.1) is 0 Å². The summed E-state index contributed by atoms with van der Waals surface area (Å²) in [4.78, 5) is 4.40. The van der Waals surface area contributed by atoms with Crippen LogP contribution in [0.4, 0.5) is 11.5 Å². The van der Waals surface area contributed by atoms with E-state index in [1.54, 1.807) is 18.3 Å². The summed E-state index contributed by atoms with van der Waals surface area (Å²) in [6.45, 7) is 1.76. The Morgan fingerprint density at radius 3 is 2.90 bits per heavy atom. The molecule has 6 heteroatoms. The van der Waals surface area contributed by atoms with E-state index >= 15 is 0 Å². The Balaban J connectivity index is 2.03. The highest BCUT2D eigenvalue weighted by molar-refractivity contribution is 7.90. The average Bonchev–Trinajstić information content (AvgIpc) is 2.47. The van der Waals surface area contributed by atoms with Gasteiger partial charge in [-0.25, -0.2) is 13.4 Å². The van der Waals surface area contributed by atoms with Crippen molar-refractivity contribution in [2.24, 2.45) is 0 Å². The van der Waals surface area contributed by atoms with Gasteiger partial charge >= 0.3 is 0 Å². The second-order valence-electron chi connectivity index (χ2n) is 5.12. The van der Waals surface area contributed by atoms with Crippen molar-refractivity contribution in [3.8, 4) is 0 Å². The van der Waals surface area contributed by atoms with Crippen molar-refractivity contribution in [1.29, 1.82) is 0 Å². The van der Waals surface area contributed by atoms with E-state index in [0.29, 0.717) is 5.82 Å². The highest BCUT2D eigenvalue weighted by Crippen LogP contribution is 2.28. The molecular formula is C15H17N3O2S. The molecule has 0 atom stereocenters. The number of nitrogens with zero attached hydrogens (tertiary/aromatic N) is 1. The predicted octanol–water partition coefficient (Wildman–Crippen LogP) is 1.87. The molecule has 3 rings (SSSR count). The molecule has 2 aromatic rings. The van der Waals surface area contributed by atoms with E-state index in [-0.39, 0.29) is 4.90 Å². The number of aromatic nitrogens is 1. The van der Waals surface area contributed by atoms with E-state index in [2.05, 4.69) is 21.7 Å². The molecule has 0 saturated carbocycles. The van der Waals surface area contributed by atoms with Gasteiger partial charge in [-0.2, -0.15) is 0 Å². The smallest absolute Gasteiger partial charge is 0.179 e. The zero-order chi connectivity index (χ0) is 14.9. The molecule has 1 aliphatic heterocycles. The topological polar surface area (TPSA) is 71.1 Å². The molecule has 1 aromatic carbocycles. The summed E-state index contributed by atoms with van der Waals surface area (Å²) in [5, 5.41) is 6.52. The number of nitrogens with one attached hydrogen (secondary N) is 2. The molecule has 0 bridgehead atoms. The lowest BCUT2D eigenvalue weighted by molar-refractivity contribution is 0.602. The van der Waals surface area contributed by atoms with Gasteiger partial charge in [0, 0.05) is 24.7 Å². The lowest BCUT2D eigenvalue weighted by Gasteiger charge is -2.21. The molecule has 0 radical (unpaired) electrons. The fourth-order valence-corrected chi connectivity index (χ4v) is 3.34. The molecule has 0 spiro atoms. The van der Waals surface area contributed by atoms with Crippen molar-refractivity contribution in [3.63, 3.8) is 0 Å². The molecule has 0 unspecified atom stereocenters. The van der Waals surface area contributed by atoms with E-state index in [4.69, 9.17) is 0 Å². The molecule has 0 aliphatic carbocycles. The fraction of sp³-hybridized carbons (Fsp3) is 0.267. The van der Waals surface area contributed by atoms with Gasteiger partial charge in [0.1, 0.15) is 10.7 Å². The lowest BCUT2D eigenvalue weighted by Crippen LogP contribution is -2.24. The normalized spacial score (nSPS) is 14.5. The van der Waals surface area contributed by atoms with E-state index in [0.717, 1.165) is 25.2 Å². The quantitative estimate of drug-likeness (QED) is 0.906. The summed E-state index contributed by atoms with van der Waals surface area (Å²) in [5.74, 6) is 0.381. The average molecular weight is 303 g/mol. The standard InChI is InChI=1S/C15H17N3O2S/c1-21(19,20)14-6-3-8-17-15(14)18-13-5-2-4-11-10-16-9-7-12(11)13/h2-6,8,16H,7,9-10H2,1H3,(H,17,18). The molecule has 1 aliphatic rings. The number of benzene rings is 1. The largest absolute Gasteiger partial charge is 0.339 e. The number of rotatable bonds is 3. The maximum atomic E-state index is 11.8. The Hall–Kier alpha value is -1.92. The Morgan fingerprint density at radius 2 is 2.10 bits per heavy atom. The molecule has 0 amide bonds. The van der Waals surface area contributed by atoms with Crippen molar-refractivity contribution >= 4 is 21.3 Å². The zero-order valence-electron chi connectivity index (χ0n) is 11.8. The van der Waals surface area contributed by atoms with Gasteiger partial charge in [-0.1, -0.05) is 12.1 Å². The van der Waals surface area contributed by atoms with Crippen LogP contribution in [-0.4, -0.2) is 26.2 Å². The Labute approximate surface area is 124 Å². The minimum atomic E-state index is -3.31. The lowest BCUT2D eigenvalue weighted by atomic mass is 9.99. The third-order valence-corrected chi connectivity index (χ3v) is 4.69. The summed E-state index contributed by atoms with van der Waals surface area (Å²) < 4.78 is 23.7. The van der Waals surface area contributed by atoms with Gasteiger partial charge in [-0.05, 0) is 42.3 Å². The molecule has 21 heavy (non-hydrogen) atoms. The maximum absolute atomic E-state index is 11.8. The van der Waals surface area contributed by atoms with Gasteiger partial charge in [-0.3, -0.25) is 0 Å². The highest BCUT2D eigenvalue weighted by Gasteiger charge is 2.17. The number of fused-ring (bicyclic) bond motifs is 1. The monoisotopic (exact) mass is 303 g/mol. The third-order valence-electron chi connectivity index (χ3n) is 3.56. The van der Waals surface area contributed by atoms with Crippen LogP contribution in [0.1, 0.15) is 11.1 Å². The summed E-state index contributed by atoms with van der Waals surface area (Å²) in [6.07, 6.45) is 3.70. The Morgan fingerprint density at radius 1 is 1.24 bits per heavy atom. The first-order valence-electron chi connectivity index (χ1n) is 6.79. The molecule has 110 valence electrons. The number of pyridine rings is 1. The predicted molar refractivity (Wildman–Crippen MR) is 82.5 cm³/mol. The molecule has 2 N–H and O–H groups in total. The fourth-order valence-electron chi connectivity index (χ4n) is 2.56. The van der Waals surface area contributed by atoms with Gasteiger partial charge in [-0.15, -0.1) is 0 Å². The number of hydrogen-bond acceptors (Lipinski definition) is 5. The maximum Gasteiger partial charge on any atom is 0.179 e. The molecule has 2 heterocycles. The van der Waals surface area contributed by atoms with Crippen LogP contribution in [0.25, 0.3) is 0 Å². The van der Waals surface area contributed by atoms with E-state index in [1.807, 2.05) is 12.1 Å². The van der Waals surface area contributed by atoms with Crippen LogP contribution in [0.15, 0.2) is 41.4 Å². The molecular weight excluding hydrogens is 286 g/mol. The summed E-state index contributed by atoms with van der Waals surface area (Å²) in [5.41, 5.74) is 3.39. The van der Waals surface area contributed by atoms with Crippen molar-refractivity contribution in [2.45, 2.75) is 17.9 Å². The van der Waals surface area contributed by atoms with Crippen LogP contribution in [-0.2, 0) is 22.8 Å². The first-order valence-corrected chi connectivity index (χ1v) is 8.68. The summed E-state index contributed by atoms with van der Waals surface area (Å²) in [7, 11) is -3.31. The van der Waals surface area contributed by atoms with Crippen molar-refractivity contribution in [3.05, 3.63) is 47.7 Å². The second kappa shape index (κ2) is 5.46.